The van der Waals surface area contributed by atoms with E-state index in [1.807, 2.05) is 0 Å². The van der Waals surface area contributed by atoms with Crippen LogP contribution in [0.4, 0.5) is 5.69 Å². The van der Waals surface area contributed by atoms with Crippen molar-refractivity contribution in [3.63, 3.8) is 0 Å². The molecular weight excluding hydrogens is 222 g/mol. The van der Waals surface area contributed by atoms with Crippen LogP contribution in [0.1, 0.15) is 18.4 Å². The molecule has 1 N–H and O–H groups in total. The Hall–Kier alpha value is -1.06. The van der Waals surface area contributed by atoms with E-state index in [1.54, 1.807) is 0 Å². The first-order valence-corrected chi connectivity index (χ1v) is 6.83. The lowest BCUT2D eigenvalue weighted by Crippen LogP contribution is -2.30. The van der Waals surface area contributed by atoms with Crippen molar-refractivity contribution in [1.82, 2.24) is 10.2 Å². The Morgan fingerprint density at radius 2 is 2.00 bits per heavy atom. The van der Waals surface area contributed by atoms with Gasteiger partial charge in [0, 0.05) is 45.5 Å². The van der Waals surface area contributed by atoms with Gasteiger partial charge in [-0.25, -0.2) is 0 Å². The van der Waals surface area contributed by atoms with E-state index < -0.39 is 0 Å². The van der Waals surface area contributed by atoms with E-state index in [4.69, 9.17) is 0 Å². The van der Waals surface area contributed by atoms with Crippen molar-refractivity contribution < 1.29 is 0 Å². The average Bonchev–Trinajstić information content (AvgIpc) is 3.13. The molecule has 1 aliphatic carbocycles. The molecule has 0 heterocycles. The van der Waals surface area contributed by atoms with E-state index in [0.717, 1.165) is 25.7 Å². The molecule has 1 aliphatic rings. The monoisotopic (exact) mass is 247 g/mol. The minimum absolute atomic E-state index is 0.815. The molecule has 0 atom stereocenters. The molecule has 0 spiro atoms. The van der Waals surface area contributed by atoms with E-state index in [9.17, 15) is 0 Å². The summed E-state index contributed by atoms with van der Waals surface area (Å²) in [5.74, 6) is 0. The highest BCUT2D eigenvalue weighted by Crippen LogP contribution is 2.18. The highest BCUT2D eigenvalue weighted by molar-refractivity contribution is 5.47. The summed E-state index contributed by atoms with van der Waals surface area (Å²) < 4.78 is 0. The fourth-order valence-electron chi connectivity index (χ4n) is 2.07. The van der Waals surface area contributed by atoms with Crippen molar-refractivity contribution in [2.45, 2.75) is 25.4 Å². The molecule has 0 aliphatic heterocycles. The first kappa shape index (κ1) is 13.4. The van der Waals surface area contributed by atoms with Crippen molar-refractivity contribution in [2.24, 2.45) is 0 Å². The van der Waals surface area contributed by atoms with Gasteiger partial charge in [-0.15, -0.1) is 0 Å². The number of hydrogen-bond donors (Lipinski definition) is 1. The summed E-state index contributed by atoms with van der Waals surface area (Å²) in [4.78, 5) is 4.53. The number of hydrogen-bond acceptors (Lipinski definition) is 3. The van der Waals surface area contributed by atoms with Gasteiger partial charge < -0.3 is 15.1 Å². The Morgan fingerprint density at radius 3 is 2.67 bits per heavy atom. The first-order chi connectivity index (χ1) is 8.65. The van der Waals surface area contributed by atoms with Crippen molar-refractivity contribution in [3.05, 3.63) is 29.8 Å². The fourth-order valence-corrected chi connectivity index (χ4v) is 2.07. The van der Waals surface area contributed by atoms with Crippen molar-refractivity contribution in [2.75, 3.05) is 39.1 Å². The van der Waals surface area contributed by atoms with E-state index >= 15 is 0 Å². The van der Waals surface area contributed by atoms with Crippen LogP contribution in [0.3, 0.4) is 0 Å². The quantitative estimate of drug-likeness (QED) is 0.794. The zero-order valence-corrected chi connectivity index (χ0v) is 11.8. The van der Waals surface area contributed by atoms with Crippen LogP contribution in [0, 0.1) is 0 Å². The van der Waals surface area contributed by atoms with Crippen LogP contribution in [0.5, 0.6) is 0 Å². The lowest BCUT2D eigenvalue weighted by atomic mass is 10.2. The van der Waals surface area contributed by atoms with Gasteiger partial charge in [-0.1, -0.05) is 12.1 Å². The molecule has 1 aromatic rings. The zero-order valence-electron chi connectivity index (χ0n) is 11.8. The van der Waals surface area contributed by atoms with Gasteiger partial charge in [0.25, 0.3) is 0 Å². The number of likely N-dealkylation sites (N-methyl/N-ethyl adjacent to an activating group) is 1. The van der Waals surface area contributed by atoms with E-state index in [2.05, 4.69) is 60.5 Å². The van der Waals surface area contributed by atoms with E-state index in [0.29, 0.717) is 0 Å². The van der Waals surface area contributed by atoms with Gasteiger partial charge in [0.2, 0.25) is 0 Å². The Morgan fingerprint density at radius 1 is 1.22 bits per heavy atom. The van der Waals surface area contributed by atoms with E-state index in [1.165, 1.54) is 24.1 Å². The summed E-state index contributed by atoms with van der Waals surface area (Å²) >= 11 is 0. The second-order valence-corrected chi connectivity index (χ2v) is 5.53. The van der Waals surface area contributed by atoms with Gasteiger partial charge in [-0.05, 0) is 37.6 Å². The summed E-state index contributed by atoms with van der Waals surface area (Å²) in [6.07, 6.45) is 2.74. The zero-order chi connectivity index (χ0) is 13.0. The summed E-state index contributed by atoms with van der Waals surface area (Å²) in [7, 11) is 6.36. The Kier molecular flexibility index (Phi) is 4.61. The van der Waals surface area contributed by atoms with Crippen LogP contribution < -0.4 is 10.2 Å². The van der Waals surface area contributed by atoms with Crippen LogP contribution in [-0.4, -0.2) is 45.2 Å². The van der Waals surface area contributed by atoms with Gasteiger partial charge in [-0.3, -0.25) is 0 Å². The third-order valence-electron chi connectivity index (χ3n) is 3.38. The predicted molar refractivity (Wildman–Crippen MR) is 78.1 cm³/mol. The highest BCUT2D eigenvalue weighted by atomic mass is 15.1. The van der Waals surface area contributed by atoms with Crippen molar-refractivity contribution >= 4 is 5.69 Å². The number of anilines is 1. The maximum atomic E-state index is 3.55. The minimum Gasteiger partial charge on any atom is -0.378 e. The molecule has 0 radical (unpaired) electrons. The lowest BCUT2D eigenvalue weighted by molar-refractivity contribution is 0.324. The predicted octanol–water partition coefficient (Wildman–Crippen LogP) is 1.94. The summed E-state index contributed by atoms with van der Waals surface area (Å²) in [6.45, 7) is 3.24. The van der Waals surface area contributed by atoms with E-state index in [-0.39, 0.29) is 0 Å². The lowest BCUT2D eigenvalue weighted by Gasteiger charge is -2.19. The molecule has 1 fully saturated rings. The van der Waals surface area contributed by atoms with Gasteiger partial charge in [0.1, 0.15) is 0 Å². The van der Waals surface area contributed by atoms with Gasteiger partial charge >= 0.3 is 0 Å². The molecular formula is C15H25N3. The molecule has 0 bridgehead atoms. The third-order valence-corrected chi connectivity index (χ3v) is 3.38. The van der Waals surface area contributed by atoms with Crippen molar-refractivity contribution in [1.29, 1.82) is 0 Å². The minimum atomic E-state index is 0.815. The molecule has 3 heteroatoms. The molecule has 100 valence electrons. The van der Waals surface area contributed by atoms with Gasteiger partial charge in [0.05, 0.1) is 0 Å². The summed E-state index contributed by atoms with van der Waals surface area (Å²) in [5, 5.41) is 3.55. The largest absolute Gasteiger partial charge is 0.378 e. The smallest absolute Gasteiger partial charge is 0.0364 e. The van der Waals surface area contributed by atoms with Crippen LogP contribution in [0.15, 0.2) is 24.3 Å². The highest BCUT2D eigenvalue weighted by Gasteiger charge is 2.19. The number of nitrogens with one attached hydrogen (secondary N) is 1. The number of nitrogens with zero attached hydrogens (tertiary/aromatic N) is 2. The summed E-state index contributed by atoms with van der Waals surface area (Å²) in [5.41, 5.74) is 2.66. The molecule has 1 aromatic carbocycles. The van der Waals surface area contributed by atoms with Crippen LogP contribution in [-0.2, 0) is 6.54 Å². The first-order valence-electron chi connectivity index (χ1n) is 6.83. The topological polar surface area (TPSA) is 18.5 Å². The standard InChI is InChI=1S/C15H25N3/c1-17(2)15-6-4-5-13(11-15)12-18(3)10-9-16-14-7-8-14/h4-6,11,14,16H,7-10,12H2,1-3H3. The molecule has 3 nitrogen and oxygen atoms in total. The SMILES string of the molecule is CN(CCNC1CC1)Cc1cccc(N(C)C)c1. The maximum absolute atomic E-state index is 3.55. The second-order valence-electron chi connectivity index (χ2n) is 5.53. The normalized spacial score (nSPS) is 15.1. The van der Waals surface area contributed by atoms with Crippen molar-refractivity contribution in [3.8, 4) is 0 Å². The molecule has 2 rings (SSSR count). The molecule has 18 heavy (non-hydrogen) atoms. The maximum Gasteiger partial charge on any atom is 0.0364 e. The van der Waals surface area contributed by atoms with Gasteiger partial charge in [0.15, 0.2) is 0 Å². The van der Waals surface area contributed by atoms with Crippen LogP contribution in [0.25, 0.3) is 0 Å². The Bertz CT molecular complexity index is 372. The Balaban J connectivity index is 1.77. The van der Waals surface area contributed by atoms with Gasteiger partial charge in [-0.2, -0.15) is 0 Å². The number of benzene rings is 1. The molecule has 0 aromatic heterocycles. The fraction of sp³-hybridized carbons (Fsp3) is 0.600. The molecule has 0 amide bonds. The molecule has 0 unspecified atom stereocenters. The average molecular weight is 247 g/mol. The molecule has 0 saturated heterocycles. The third kappa shape index (κ3) is 4.31. The van der Waals surface area contributed by atoms with Crippen LogP contribution in [0.2, 0.25) is 0 Å². The Labute approximate surface area is 111 Å². The van der Waals surface area contributed by atoms with Crippen LogP contribution >= 0.6 is 0 Å². The summed E-state index contributed by atoms with van der Waals surface area (Å²) in [6, 6.07) is 9.58. The second kappa shape index (κ2) is 6.21. The molecule has 1 saturated carbocycles. The number of rotatable bonds is 7.